The van der Waals surface area contributed by atoms with Gasteiger partial charge in [0.2, 0.25) is 12.1 Å². The maximum absolute atomic E-state index is 12.7. The first-order chi connectivity index (χ1) is 18.3. The van der Waals surface area contributed by atoms with Crippen molar-refractivity contribution in [3.63, 3.8) is 0 Å². The highest BCUT2D eigenvalue weighted by atomic mass is 79.9. The fourth-order valence-corrected chi connectivity index (χ4v) is 5.48. The third-order valence-electron chi connectivity index (χ3n) is 6.85. The van der Waals surface area contributed by atoms with Crippen molar-refractivity contribution in [3.05, 3.63) is 111 Å². The van der Waals surface area contributed by atoms with E-state index in [4.69, 9.17) is 13.1 Å². The summed E-state index contributed by atoms with van der Waals surface area (Å²) in [7, 11) is -5.55. The number of hydrogen-bond acceptors (Lipinski definition) is 3. The molecule has 2 aromatic rings. The number of nitrogens with zero attached hydrogens (tertiary/aromatic N) is 2. The van der Waals surface area contributed by atoms with Gasteiger partial charge in [-0.15, -0.1) is 0 Å². The van der Waals surface area contributed by atoms with Crippen LogP contribution in [0.2, 0.25) is 0 Å². The normalized spacial score (nSPS) is 27.5. The highest BCUT2D eigenvalue weighted by molar-refractivity contribution is 9.10. The summed E-state index contributed by atoms with van der Waals surface area (Å²) in [5.74, 6) is 0.207. The fraction of sp³-hybridized carbons (Fsp3) is 0.333. The van der Waals surface area contributed by atoms with Gasteiger partial charge in [-0.2, -0.15) is 21.6 Å². The average molecular weight is 627 g/mol. The minimum absolute atomic E-state index is 0.0732. The highest BCUT2D eigenvalue weighted by Gasteiger charge is 2.61. The van der Waals surface area contributed by atoms with E-state index in [1.165, 1.54) is 35.9 Å². The number of hydrogen-bond donors (Lipinski definition) is 0. The van der Waals surface area contributed by atoms with Gasteiger partial charge in [-0.05, 0) is 60.0 Å². The van der Waals surface area contributed by atoms with Crippen molar-refractivity contribution >= 4 is 31.6 Å². The molecule has 0 saturated heterocycles. The largest absolute Gasteiger partial charge is 0.534 e. The number of rotatable bonds is 3. The molecule has 0 heterocycles. The standard InChI is InChI=1S/C13H10FN.C8H6F3NO3S.C6H4BrF/c1-15-13-11-6-9(7-12(11)13)8-2-4-10(14)5-3-8;1-12-7-5-2-4(3-6(5)7)15-16(13,14)8(9,10)11;7-5-1-3-6(8)4-2-5/h2-6,11-13H,7H2;2,5-7H,3H2;1-4H/t11-,12+,13+;5-,6+,7+;/m00./s1. The van der Waals surface area contributed by atoms with E-state index >= 15 is 0 Å². The molecule has 0 bridgehead atoms. The zero-order valence-corrected chi connectivity index (χ0v) is 22.3. The van der Waals surface area contributed by atoms with Crippen LogP contribution in [0, 0.1) is 48.5 Å². The maximum atomic E-state index is 12.7. The molecule has 12 heteroatoms. The van der Waals surface area contributed by atoms with Crippen molar-refractivity contribution in [1.29, 1.82) is 0 Å². The predicted molar refractivity (Wildman–Crippen MR) is 137 cm³/mol. The molecule has 0 aromatic heterocycles. The summed E-state index contributed by atoms with van der Waals surface area (Å²) in [4.78, 5) is 6.81. The van der Waals surface area contributed by atoms with Gasteiger partial charge in [0.25, 0.3) is 0 Å². The van der Waals surface area contributed by atoms with Gasteiger partial charge in [-0.25, -0.2) is 21.9 Å². The molecule has 39 heavy (non-hydrogen) atoms. The predicted octanol–water partition coefficient (Wildman–Crippen LogP) is 7.41. The Morgan fingerprint density at radius 1 is 0.821 bits per heavy atom. The minimum atomic E-state index is -5.55. The maximum Gasteiger partial charge on any atom is 0.534 e. The fourth-order valence-electron chi connectivity index (χ4n) is 4.71. The van der Waals surface area contributed by atoms with Crippen LogP contribution in [0.3, 0.4) is 0 Å². The molecule has 0 unspecified atom stereocenters. The quantitative estimate of drug-likeness (QED) is 0.154. The number of benzene rings is 2. The van der Waals surface area contributed by atoms with E-state index in [2.05, 4.69) is 35.9 Å². The number of halogens is 6. The van der Waals surface area contributed by atoms with Gasteiger partial charge >= 0.3 is 15.6 Å². The third kappa shape index (κ3) is 6.68. The van der Waals surface area contributed by atoms with Crippen molar-refractivity contribution in [3.8, 4) is 0 Å². The van der Waals surface area contributed by atoms with E-state index in [1.807, 2.05) is 12.1 Å². The molecule has 4 aliphatic rings. The van der Waals surface area contributed by atoms with Gasteiger partial charge < -0.3 is 13.9 Å². The summed E-state index contributed by atoms with van der Waals surface area (Å²) in [6.45, 7) is 13.7. The van der Waals surface area contributed by atoms with Crippen LogP contribution < -0.4 is 0 Å². The van der Waals surface area contributed by atoms with Crippen LogP contribution in [0.1, 0.15) is 18.4 Å². The molecule has 2 saturated carbocycles. The summed E-state index contributed by atoms with van der Waals surface area (Å²) >= 11 is 3.18. The Kier molecular flexibility index (Phi) is 8.20. The van der Waals surface area contributed by atoms with Gasteiger partial charge in [-0.1, -0.05) is 34.1 Å². The van der Waals surface area contributed by atoms with Crippen molar-refractivity contribution < 1.29 is 34.6 Å². The van der Waals surface area contributed by atoms with E-state index in [1.54, 1.807) is 12.1 Å². The van der Waals surface area contributed by atoms with E-state index in [-0.39, 0.29) is 47.7 Å². The Bertz CT molecular complexity index is 1450. The van der Waals surface area contributed by atoms with Gasteiger partial charge in [0.05, 0.1) is 23.7 Å². The number of allylic oxidation sites excluding steroid dienone is 2. The second kappa shape index (κ2) is 11.1. The van der Waals surface area contributed by atoms with Crippen LogP contribution in [0.15, 0.2) is 70.9 Å². The van der Waals surface area contributed by atoms with Crippen LogP contribution in [0.5, 0.6) is 0 Å². The Balaban J connectivity index is 0.000000143. The lowest BCUT2D eigenvalue weighted by molar-refractivity contribution is -0.0523. The highest BCUT2D eigenvalue weighted by Crippen LogP contribution is 2.55. The first kappa shape index (κ1) is 28.8. The molecule has 0 radical (unpaired) electrons. The van der Waals surface area contributed by atoms with Crippen molar-refractivity contribution in [1.82, 2.24) is 0 Å². The summed E-state index contributed by atoms with van der Waals surface area (Å²) in [5, 5.41) is 0. The van der Waals surface area contributed by atoms with E-state index in [0.29, 0.717) is 11.8 Å². The van der Waals surface area contributed by atoms with Gasteiger partial charge in [0, 0.05) is 10.9 Å². The lowest BCUT2D eigenvalue weighted by Gasteiger charge is -2.10. The first-order valence-electron chi connectivity index (χ1n) is 11.7. The minimum Gasteiger partial charge on any atom is -0.381 e. The third-order valence-corrected chi connectivity index (χ3v) is 8.38. The topological polar surface area (TPSA) is 52.1 Å². The molecule has 0 aliphatic heterocycles. The lowest BCUT2D eigenvalue weighted by Crippen LogP contribution is -2.25. The Labute approximate surface area is 230 Å². The van der Waals surface area contributed by atoms with Crippen LogP contribution in [-0.4, -0.2) is 26.0 Å². The molecule has 204 valence electrons. The Morgan fingerprint density at radius 3 is 1.69 bits per heavy atom. The van der Waals surface area contributed by atoms with Crippen molar-refractivity contribution in [2.75, 3.05) is 0 Å². The van der Waals surface area contributed by atoms with Crippen LogP contribution in [0.4, 0.5) is 22.0 Å². The molecular formula is C27H20BrF5N2O3S. The Hall–Kier alpha value is -3.22. The van der Waals surface area contributed by atoms with E-state index in [9.17, 15) is 30.4 Å². The lowest BCUT2D eigenvalue weighted by atomic mass is 10.0. The molecule has 6 atom stereocenters. The summed E-state index contributed by atoms with van der Waals surface area (Å²) in [5.41, 5.74) is -3.02. The van der Waals surface area contributed by atoms with Crippen molar-refractivity contribution in [2.45, 2.75) is 30.4 Å². The molecule has 0 spiro atoms. The van der Waals surface area contributed by atoms with Crippen LogP contribution >= 0.6 is 15.9 Å². The van der Waals surface area contributed by atoms with Gasteiger partial charge in [0.1, 0.15) is 17.4 Å². The molecule has 2 fully saturated rings. The molecule has 2 aromatic carbocycles. The zero-order chi connectivity index (χ0) is 28.5. The smallest absolute Gasteiger partial charge is 0.381 e. The number of alkyl halides is 3. The molecule has 0 N–H and O–H groups in total. The molecule has 6 rings (SSSR count). The van der Waals surface area contributed by atoms with Gasteiger partial charge in [0.15, 0.2) is 0 Å². The molecular weight excluding hydrogens is 607 g/mol. The van der Waals surface area contributed by atoms with E-state index < -0.39 is 15.6 Å². The second-order valence-corrected chi connectivity index (χ2v) is 11.8. The van der Waals surface area contributed by atoms with Gasteiger partial charge in [-0.3, -0.25) is 0 Å². The summed E-state index contributed by atoms with van der Waals surface area (Å²) in [6, 6.07) is 12.8. The number of fused-ring (bicyclic) bond motifs is 2. The molecule has 0 amide bonds. The van der Waals surface area contributed by atoms with Crippen molar-refractivity contribution in [2.24, 2.45) is 23.7 Å². The second-order valence-electron chi connectivity index (χ2n) is 9.38. The zero-order valence-electron chi connectivity index (χ0n) is 19.9. The average Bonchev–Trinajstić information content (AvgIpc) is 3.57. The van der Waals surface area contributed by atoms with Crippen LogP contribution in [0.25, 0.3) is 15.3 Å². The summed E-state index contributed by atoms with van der Waals surface area (Å²) < 4.78 is 86.8. The monoisotopic (exact) mass is 626 g/mol. The van der Waals surface area contributed by atoms with Crippen LogP contribution in [-0.2, 0) is 14.3 Å². The van der Waals surface area contributed by atoms with E-state index in [0.717, 1.165) is 16.5 Å². The molecule has 5 nitrogen and oxygen atoms in total. The first-order valence-corrected chi connectivity index (χ1v) is 13.9. The SMILES string of the molecule is Fc1ccc(Br)cc1.[C-]#[N+][C@@H]1[C@H]2C=C(OS(=O)(=O)C(F)(F)F)C[C@H]21.[C-]#[N+][C@@H]1[C@H]2C=C(c3ccc(F)cc3)C[C@H]21. The molecule has 4 aliphatic carbocycles. The Morgan fingerprint density at radius 2 is 1.31 bits per heavy atom. The summed E-state index contributed by atoms with van der Waals surface area (Å²) in [6.07, 6.45) is 4.58.